The van der Waals surface area contributed by atoms with Gasteiger partial charge in [0, 0.05) is 18.7 Å². The van der Waals surface area contributed by atoms with Gasteiger partial charge >= 0.3 is 0 Å². The zero-order valence-corrected chi connectivity index (χ0v) is 20.1. The van der Waals surface area contributed by atoms with Crippen molar-refractivity contribution in [2.75, 3.05) is 19.0 Å². The average Bonchev–Trinajstić information content (AvgIpc) is 3.43. The van der Waals surface area contributed by atoms with Gasteiger partial charge in [-0.25, -0.2) is 4.98 Å². The molecule has 10 nitrogen and oxygen atoms in total. The maximum absolute atomic E-state index is 13.1. The molecule has 5 rings (SSSR count). The SMILES string of the molecule is COc1nc(-c2nnc3n2CCNC3)ccc1NC(=O)c1c(-c2ccccc2)noc1C.Cl.Cl. The smallest absolute Gasteiger partial charge is 0.261 e. The minimum atomic E-state index is -0.360. The lowest BCUT2D eigenvalue weighted by atomic mass is 10.1. The largest absolute Gasteiger partial charge is 0.479 e. The van der Waals surface area contributed by atoms with E-state index in [9.17, 15) is 4.79 Å². The van der Waals surface area contributed by atoms with Gasteiger partial charge in [0.25, 0.3) is 5.91 Å². The Morgan fingerprint density at radius 3 is 2.71 bits per heavy atom. The molecule has 0 atom stereocenters. The summed E-state index contributed by atoms with van der Waals surface area (Å²) in [5.74, 6) is 1.87. The van der Waals surface area contributed by atoms with E-state index < -0.39 is 0 Å². The van der Waals surface area contributed by atoms with Gasteiger partial charge in [0.05, 0.1) is 13.7 Å². The number of halogens is 2. The lowest BCUT2D eigenvalue weighted by Gasteiger charge is -2.16. The first kappa shape index (κ1) is 25.2. The van der Waals surface area contributed by atoms with Crippen LogP contribution >= 0.6 is 24.8 Å². The number of hydrogen-bond acceptors (Lipinski definition) is 8. The van der Waals surface area contributed by atoms with E-state index in [1.54, 1.807) is 19.1 Å². The van der Waals surface area contributed by atoms with Gasteiger partial charge in [0.1, 0.15) is 34.2 Å². The molecule has 0 fully saturated rings. The molecule has 0 spiro atoms. The number of fused-ring (bicyclic) bond motifs is 1. The van der Waals surface area contributed by atoms with E-state index in [4.69, 9.17) is 9.26 Å². The third kappa shape index (κ3) is 4.60. The first-order chi connectivity index (χ1) is 15.7. The van der Waals surface area contributed by atoms with E-state index in [2.05, 4.69) is 31.0 Å². The molecular weight excluding hydrogens is 481 g/mol. The number of rotatable bonds is 5. The molecule has 0 radical (unpaired) electrons. The summed E-state index contributed by atoms with van der Waals surface area (Å²) in [6, 6.07) is 12.9. The summed E-state index contributed by atoms with van der Waals surface area (Å²) in [4.78, 5) is 17.7. The number of pyridine rings is 1. The van der Waals surface area contributed by atoms with Crippen LogP contribution in [0.25, 0.3) is 22.8 Å². The van der Waals surface area contributed by atoms with Crippen LogP contribution in [0.3, 0.4) is 0 Å². The number of ether oxygens (including phenoxy) is 1. The molecule has 0 aliphatic carbocycles. The number of hydrogen-bond donors (Lipinski definition) is 2. The molecule has 2 N–H and O–H groups in total. The van der Waals surface area contributed by atoms with Crippen LogP contribution in [0.2, 0.25) is 0 Å². The quantitative estimate of drug-likeness (QED) is 0.424. The number of aryl methyl sites for hydroxylation is 1. The predicted octanol–water partition coefficient (Wildman–Crippen LogP) is 3.51. The molecule has 1 amide bonds. The van der Waals surface area contributed by atoms with Crippen LogP contribution in [-0.4, -0.2) is 44.5 Å². The maximum atomic E-state index is 13.1. The van der Waals surface area contributed by atoms with Gasteiger partial charge in [-0.2, -0.15) is 0 Å². The van der Waals surface area contributed by atoms with Gasteiger partial charge in [-0.3, -0.25) is 4.79 Å². The van der Waals surface area contributed by atoms with E-state index in [-0.39, 0.29) is 36.6 Å². The van der Waals surface area contributed by atoms with Crippen molar-refractivity contribution in [1.82, 2.24) is 30.2 Å². The standard InChI is InChI=1S/C22H21N7O3.2ClH/c1-13-18(19(28-32-13)14-6-4-3-5-7-14)21(30)24-16-9-8-15(25-22(16)31-2)20-27-26-17-12-23-10-11-29(17)20;;/h3-9,23H,10-12H2,1-2H3,(H,24,30);2*1H. The fourth-order valence-electron chi connectivity index (χ4n) is 3.71. The van der Waals surface area contributed by atoms with Crippen molar-refractivity contribution in [3.05, 3.63) is 59.6 Å². The van der Waals surface area contributed by atoms with Gasteiger partial charge in [-0.05, 0) is 19.1 Å². The van der Waals surface area contributed by atoms with E-state index in [1.165, 1.54) is 7.11 Å². The second-order valence-corrected chi connectivity index (χ2v) is 7.30. The molecule has 34 heavy (non-hydrogen) atoms. The van der Waals surface area contributed by atoms with Crippen molar-refractivity contribution in [3.63, 3.8) is 0 Å². The molecule has 3 aromatic heterocycles. The van der Waals surface area contributed by atoms with Crippen LogP contribution in [0.15, 0.2) is 47.0 Å². The highest BCUT2D eigenvalue weighted by Gasteiger charge is 2.24. The first-order valence-corrected chi connectivity index (χ1v) is 10.2. The highest BCUT2D eigenvalue weighted by atomic mass is 35.5. The Bertz CT molecular complexity index is 1290. The molecule has 0 bridgehead atoms. The Kier molecular flexibility index (Phi) is 7.87. The Hall–Kier alpha value is -3.47. The summed E-state index contributed by atoms with van der Waals surface area (Å²) in [6.07, 6.45) is 0. The minimum absolute atomic E-state index is 0. The number of carbonyl (C=O) groups is 1. The molecule has 1 aromatic carbocycles. The summed E-state index contributed by atoms with van der Waals surface area (Å²) in [7, 11) is 1.50. The monoisotopic (exact) mass is 503 g/mol. The van der Waals surface area contributed by atoms with Gasteiger partial charge in [-0.15, -0.1) is 35.0 Å². The van der Waals surface area contributed by atoms with Crippen LogP contribution in [0.1, 0.15) is 21.9 Å². The number of aromatic nitrogens is 5. The summed E-state index contributed by atoms with van der Waals surface area (Å²) < 4.78 is 12.8. The van der Waals surface area contributed by atoms with Crippen LogP contribution in [0, 0.1) is 6.92 Å². The molecule has 0 unspecified atom stereocenters. The second-order valence-electron chi connectivity index (χ2n) is 7.30. The van der Waals surface area contributed by atoms with Gasteiger partial charge in [0.2, 0.25) is 5.88 Å². The van der Waals surface area contributed by atoms with Crippen LogP contribution in [0.4, 0.5) is 5.69 Å². The number of nitrogens with one attached hydrogen (secondary N) is 2. The van der Waals surface area contributed by atoms with Crippen molar-refractivity contribution < 1.29 is 14.1 Å². The van der Waals surface area contributed by atoms with Crippen molar-refractivity contribution in [1.29, 1.82) is 0 Å². The lowest BCUT2D eigenvalue weighted by Crippen LogP contribution is -2.28. The molecular formula is C22H23Cl2N7O3. The maximum Gasteiger partial charge on any atom is 0.261 e. The molecule has 1 aliphatic heterocycles. The fraction of sp³-hybridized carbons (Fsp3) is 0.227. The molecule has 12 heteroatoms. The van der Waals surface area contributed by atoms with Crippen LogP contribution < -0.4 is 15.4 Å². The van der Waals surface area contributed by atoms with Crippen molar-refractivity contribution in [2.45, 2.75) is 20.0 Å². The summed E-state index contributed by atoms with van der Waals surface area (Å²) in [5, 5.41) is 18.7. The Balaban J connectivity index is 0.00000162. The van der Waals surface area contributed by atoms with E-state index >= 15 is 0 Å². The molecule has 4 heterocycles. The second kappa shape index (κ2) is 10.6. The van der Waals surface area contributed by atoms with E-state index in [1.807, 2.05) is 34.9 Å². The first-order valence-electron chi connectivity index (χ1n) is 10.2. The predicted molar refractivity (Wildman–Crippen MR) is 131 cm³/mol. The van der Waals surface area contributed by atoms with Crippen LogP contribution in [-0.2, 0) is 13.1 Å². The summed E-state index contributed by atoms with van der Waals surface area (Å²) in [6.45, 7) is 3.97. The minimum Gasteiger partial charge on any atom is -0.479 e. The topological polar surface area (TPSA) is 120 Å². The van der Waals surface area contributed by atoms with Crippen molar-refractivity contribution in [2.24, 2.45) is 0 Å². The lowest BCUT2D eigenvalue weighted by molar-refractivity contribution is 0.102. The highest BCUT2D eigenvalue weighted by Crippen LogP contribution is 2.30. The zero-order chi connectivity index (χ0) is 22.1. The average molecular weight is 504 g/mol. The van der Waals surface area contributed by atoms with Gasteiger partial charge in [-0.1, -0.05) is 35.5 Å². The molecule has 178 valence electrons. The summed E-state index contributed by atoms with van der Waals surface area (Å²) >= 11 is 0. The number of amides is 1. The van der Waals surface area contributed by atoms with Gasteiger partial charge < -0.3 is 24.5 Å². The van der Waals surface area contributed by atoms with Crippen LogP contribution in [0.5, 0.6) is 5.88 Å². The number of benzene rings is 1. The normalized spacial score (nSPS) is 12.2. The van der Waals surface area contributed by atoms with Gasteiger partial charge in [0.15, 0.2) is 5.82 Å². The number of methoxy groups -OCH3 is 1. The Morgan fingerprint density at radius 2 is 1.94 bits per heavy atom. The third-order valence-corrected chi connectivity index (χ3v) is 5.29. The molecule has 0 saturated heterocycles. The number of anilines is 1. The zero-order valence-electron chi connectivity index (χ0n) is 18.4. The van der Waals surface area contributed by atoms with Crippen molar-refractivity contribution >= 4 is 36.4 Å². The number of nitrogens with zero attached hydrogens (tertiary/aromatic N) is 5. The fourth-order valence-corrected chi connectivity index (χ4v) is 3.71. The van der Waals surface area contributed by atoms with E-state index in [0.717, 1.165) is 24.5 Å². The Morgan fingerprint density at radius 1 is 1.15 bits per heavy atom. The van der Waals surface area contributed by atoms with E-state index in [0.29, 0.717) is 40.8 Å². The molecule has 0 saturated carbocycles. The highest BCUT2D eigenvalue weighted by molar-refractivity contribution is 6.09. The molecule has 1 aliphatic rings. The number of carbonyl (C=O) groups excluding carboxylic acids is 1. The Labute approximate surface area is 207 Å². The summed E-state index contributed by atoms with van der Waals surface area (Å²) in [5.41, 5.74) is 2.68. The third-order valence-electron chi connectivity index (χ3n) is 5.29. The molecule has 4 aromatic rings. The van der Waals surface area contributed by atoms with Crippen molar-refractivity contribution in [3.8, 4) is 28.7 Å².